The SMILES string of the molecule is CCOC(=O)C(C)(NCCOC)c1ccc(Br)o1. The van der Waals surface area contributed by atoms with Crippen LogP contribution in [0.1, 0.15) is 19.6 Å². The average molecular weight is 320 g/mol. The molecule has 1 aromatic rings. The summed E-state index contributed by atoms with van der Waals surface area (Å²) in [6.07, 6.45) is 0. The number of carbonyl (C=O) groups is 1. The number of methoxy groups -OCH3 is 1. The van der Waals surface area contributed by atoms with Crippen LogP contribution < -0.4 is 5.32 Å². The molecule has 0 aliphatic heterocycles. The van der Waals surface area contributed by atoms with Crippen molar-refractivity contribution >= 4 is 21.9 Å². The number of nitrogens with one attached hydrogen (secondary N) is 1. The zero-order valence-electron chi connectivity index (χ0n) is 10.8. The maximum Gasteiger partial charge on any atom is 0.333 e. The highest BCUT2D eigenvalue weighted by molar-refractivity contribution is 9.10. The summed E-state index contributed by atoms with van der Waals surface area (Å²) >= 11 is 3.22. The number of halogens is 1. The van der Waals surface area contributed by atoms with Crippen molar-refractivity contribution in [2.45, 2.75) is 19.4 Å². The maximum absolute atomic E-state index is 12.1. The van der Waals surface area contributed by atoms with Crippen LogP contribution in [0.25, 0.3) is 0 Å². The van der Waals surface area contributed by atoms with Crippen molar-refractivity contribution in [1.29, 1.82) is 0 Å². The number of esters is 1. The van der Waals surface area contributed by atoms with Gasteiger partial charge in [0.05, 0.1) is 13.2 Å². The Kier molecular flexibility index (Phi) is 5.84. The van der Waals surface area contributed by atoms with Gasteiger partial charge in [0.15, 0.2) is 10.2 Å². The van der Waals surface area contributed by atoms with Gasteiger partial charge in [0.1, 0.15) is 5.76 Å². The molecule has 0 spiro atoms. The van der Waals surface area contributed by atoms with Crippen LogP contribution in [-0.4, -0.2) is 32.8 Å². The molecule has 6 heteroatoms. The zero-order valence-corrected chi connectivity index (χ0v) is 12.4. The minimum atomic E-state index is -1.01. The predicted molar refractivity (Wildman–Crippen MR) is 70.3 cm³/mol. The van der Waals surface area contributed by atoms with Crippen LogP contribution in [0.15, 0.2) is 21.2 Å². The fourth-order valence-electron chi connectivity index (χ4n) is 1.52. The number of hydrogen-bond acceptors (Lipinski definition) is 5. The molecule has 1 atom stereocenters. The van der Waals surface area contributed by atoms with Gasteiger partial charge < -0.3 is 13.9 Å². The average Bonchev–Trinajstić information content (AvgIpc) is 2.77. The van der Waals surface area contributed by atoms with Crippen molar-refractivity contribution in [3.8, 4) is 0 Å². The van der Waals surface area contributed by atoms with Crippen LogP contribution in [0, 0.1) is 0 Å². The Balaban J connectivity index is 2.89. The summed E-state index contributed by atoms with van der Waals surface area (Å²) in [5.74, 6) is 0.131. The first-order valence-corrected chi connectivity index (χ1v) is 6.51. The Hall–Kier alpha value is -0.850. The standard InChI is InChI=1S/C12H18BrNO4/c1-4-17-11(15)12(2,14-7-8-16-3)9-5-6-10(13)18-9/h5-6,14H,4,7-8H2,1-3H3. The lowest BCUT2D eigenvalue weighted by molar-refractivity contribution is -0.151. The third kappa shape index (κ3) is 3.57. The first-order valence-electron chi connectivity index (χ1n) is 5.71. The topological polar surface area (TPSA) is 60.7 Å². The molecule has 0 amide bonds. The van der Waals surface area contributed by atoms with Gasteiger partial charge in [0, 0.05) is 13.7 Å². The molecule has 0 saturated carbocycles. The van der Waals surface area contributed by atoms with E-state index >= 15 is 0 Å². The Morgan fingerprint density at radius 3 is 2.78 bits per heavy atom. The number of furan rings is 1. The summed E-state index contributed by atoms with van der Waals surface area (Å²) in [5.41, 5.74) is -1.01. The molecule has 0 aliphatic carbocycles. The van der Waals surface area contributed by atoms with E-state index in [-0.39, 0.29) is 5.97 Å². The van der Waals surface area contributed by atoms with E-state index in [4.69, 9.17) is 13.9 Å². The van der Waals surface area contributed by atoms with E-state index in [1.54, 1.807) is 33.1 Å². The van der Waals surface area contributed by atoms with Gasteiger partial charge >= 0.3 is 5.97 Å². The fourth-order valence-corrected chi connectivity index (χ4v) is 1.83. The predicted octanol–water partition coefficient (Wildman–Crippen LogP) is 2.06. The van der Waals surface area contributed by atoms with Gasteiger partial charge in [-0.1, -0.05) is 0 Å². The zero-order chi connectivity index (χ0) is 13.6. The van der Waals surface area contributed by atoms with Crippen LogP contribution in [0.4, 0.5) is 0 Å². The largest absolute Gasteiger partial charge is 0.464 e. The lowest BCUT2D eigenvalue weighted by Gasteiger charge is -2.26. The van der Waals surface area contributed by atoms with Gasteiger partial charge in [-0.05, 0) is 41.9 Å². The van der Waals surface area contributed by atoms with E-state index in [1.807, 2.05) is 0 Å². The molecular weight excluding hydrogens is 302 g/mol. The quantitative estimate of drug-likeness (QED) is 0.615. The molecule has 1 rings (SSSR count). The van der Waals surface area contributed by atoms with Gasteiger partial charge in [-0.15, -0.1) is 0 Å². The van der Waals surface area contributed by atoms with Gasteiger partial charge in [-0.25, -0.2) is 4.79 Å². The Labute approximate surface area is 115 Å². The first kappa shape index (κ1) is 15.2. The summed E-state index contributed by atoms with van der Waals surface area (Å²) in [7, 11) is 1.60. The van der Waals surface area contributed by atoms with Crippen LogP contribution in [-0.2, 0) is 19.8 Å². The molecule has 0 radical (unpaired) electrons. The maximum atomic E-state index is 12.1. The molecule has 0 bridgehead atoms. The van der Waals surface area contributed by atoms with Crippen LogP contribution in [0.3, 0.4) is 0 Å². The monoisotopic (exact) mass is 319 g/mol. The number of rotatable bonds is 7. The molecule has 5 nitrogen and oxygen atoms in total. The van der Waals surface area contributed by atoms with E-state index < -0.39 is 5.54 Å². The van der Waals surface area contributed by atoms with E-state index in [1.165, 1.54) is 0 Å². The lowest BCUT2D eigenvalue weighted by atomic mass is 9.99. The normalized spacial score (nSPS) is 14.2. The molecular formula is C12H18BrNO4. The Morgan fingerprint density at radius 1 is 1.56 bits per heavy atom. The molecule has 0 aliphatic rings. The van der Waals surface area contributed by atoms with Gasteiger partial charge in [0.25, 0.3) is 0 Å². The summed E-state index contributed by atoms with van der Waals surface area (Å²) in [6.45, 7) is 4.83. The second-order valence-electron chi connectivity index (χ2n) is 3.87. The van der Waals surface area contributed by atoms with Crippen molar-refractivity contribution in [1.82, 2.24) is 5.32 Å². The molecule has 1 unspecified atom stereocenters. The molecule has 1 aromatic heterocycles. The third-order valence-electron chi connectivity index (χ3n) is 2.53. The molecule has 102 valence electrons. The van der Waals surface area contributed by atoms with Crippen LogP contribution in [0.5, 0.6) is 0 Å². The highest BCUT2D eigenvalue weighted by Gasteiger charge is 2.39. The van der Waals surface area contributed by atoms with Crippen molar-refractivity contribution < 1.29 is 18.7 Å². The van der Waals surface area contributed by atoms with E-state index in [0.29, 0.717) is 30.2 Å². The summed E-state index contributed by atoms with van der Waals surface area (Å²) in [6, 6.07) is 3.48. The summed E-state index contributed by atoms with van der Waals surface area (Å²) in [4.78, 5) is 12.1. The van der Waals surface area contributed by atoms with E-state index in [9.17, 15) is 4.79 Å². The van der Waals surface area contributed by atoms with Gasteiger partial charge in [0.2, 0.25) is 0 Å². The minimum Gasteiger partial charge on any atom is -0.464 e. The molecule has 1 N–H and O–H groups in total. The van der Waals surface area contributed by atoms with Gasteiger partial charge in [-0.2, -0.15) is 0 Å². The van der Waals surface area contributed by atoms with Gasteiger partial charge in [-0.3, -0.25) is 5.32 Å². The minimum absolute atomic E-state index is 0.322. The second kappa shape index (κ2) is 6.92. The number of ether oxygens (including phenoxy) is 2. The number of carbonyl (C=O) groups excluding carboxylic acids is 1. The van der Waals surface area contributed by atoms with Crippen molar-refractivity contribution in [2.24, 2.45) is 0 Å². The highest BCUT2D eigenvalue weighted by Crippen LogP contribution is 2.26. The van der Waals surface area contributed by atoms with Crippen molar-refractivity contribution in [2.75, 3.05) is 26.9 Å². The molecule has 1 heterocycles. The molecule has 0 saturated heterocycles. The highest BCUT2D eigenvalue weighted by atomic mass is 79.9. The summed E-state index contributed by atoms with van der Waals surface area (Å²) in [5, 5.41) is 3.10. The fraction of sp³-hybridized carbons (Fsp3) is 0.583. The van der Waals surface area contributed by atoms with E-state index in [2.05, 4.69) is 21.2 Å². The molecule has 0 aromatic carbocycles. The Morgan fingerprint density at radius 2 is 2.28 bits per heavy atom. The third-order valence-corrected chi connectivity index (χ3v) is 2.96. The number of hydrogen-bond donors (Lipinski definition) is 1. The first-order chi connectivity index (χ1) is 8.54. The van der Waals surface area contributed by atoms with Crippen LogP contribution >= 0.6 is 15.9 Å². The van der Waals surface area contributed by atoms with Crippen molar-refractivity contribution in [3.05, 3.63) is 22.6 Å². The Bertz CT molecular complexity index is 393. The van der Waals surface area contributed by atoms with Crippen molar-refractivity contribution in [3.63, 3.8) is 0 Å². The smallest absolute Gasteiger partial charge is 0.333 e. The van der Waals surface area contributed by atoms with Crippen LogP contribution in [0.2, 0.25) is 0 Å². The van der Waals surface area contributed by atoms with E-state index in [0.717, 1.165) is 0 Å². The molecule has 0 fully saturated rings. The lowest BCUT2D eigenvalue weighted by Crippen LogP contribution is -2.48. The summed E-state index contributed by atoms with van der Waals surface area (Å²) < 4.78 is 16.1. The molecule has 18 heavy (non-hydrogen) atoms. The second-order valence-corrected chi connectivity index (χ2v) is 4.65.